The molecule has 0 spiro atoms. The van der Waals surface area contributed by atoms with Gasteiger partial charge < -0.3 is 10.2 Å². The number of para-hydroxylation sites is 1. The van der Waals surface area contributed by atoms with E-state index in [1.807, 2.05) is 48.2 Å². The number of amides is 2. The van der Waals surface area contributed by atoms with Crippen LogP contribution in [0.3, 0.4) is 0 Å². The first-order valence-electron chi connectivity index (χ1n) is 9.72. The van der Waals surface area contributed by atoms with Gasteiger partial charge in [-0.3, -0.25) is 9.59 Å². The third-order valence-corrected chi connectivity index (χ3v) is 7.20. The van der Waals surface area contributed by atoms with E-state index in [9.17, 15) is 9.59 Å². The van der Waals surface area contributed by atoms with Crippen molar-refractivity contribution in [2.75, 3.05) is 11.9 Å². The Hall–Kier alpha value is -2.25. The number of benzene rings is 2. The van der Waals surface area contributed by atoms with Crippen molar-refractivity contribution in [3.05, 3.63) is 57.5 Å². The molecule has 0 aliphatic carbocycles. The topological polar surface area (TPSA) is 62.3 Å². The maximum atomic E-state index is 12.8. The van der Waals surface area contributed by atoms with E-state index < -0.39 is 0 Å². The molecule has 0 radical (unpaired) electrons. The lowest BCUT2D eigenvalue weighted by Crippen LogP contribution is -2.31. The molecule has 0 saturated carbocycles. The van der Waals surface area contributed by atoms with Crippen molar-refractivity contribution in [2.24, 2.45) is 0 Å². The number of thiazole rings is 1. The fraction of sp³-hybridized carbons (Fsp3) is 0.318. The Balaban J connectivity index is 1.37. The number of nitrogens with zero attached hydrogens (tertiary/aromatic N) is 2. The standard InChI is InChI=1S/C22H22BrN3O2S/c1-14-13-15(8-9-16(14)23)24-20(27)10-11-21(28)26-12-4-6-18(26)22-25-17-5-2-3-7-19(17)29-22/h2-3,5,7-9,13,18H,4,6,10-12H2,1H3,(H,24,27)/t18-/m0/s1. The zero-order valence-electron chi connectivity index (χ0n) is 16.2. The van der Waals surface area contributed by atoms with Gasteiger partial charge in [0.15, 0.2) is 0 Å². The summed E-state index contributed by atoms with van der Waals surface area (Å²) in [6, 6.07) is 13.7. The van der Waals surface area contributed by atoms with Gasteiger partial charge in [-0.15, -0.1) is 11.3 Å². The fourth-order valence-electron chi connectivity index (χ4n) is 3.66. The van der Waals surface area contributed by atoms with Crippen LogP contribution in [0.4, 0.5) is 5.69 Å². The second-order valence-corrected chi connectivity index (χ2v) is 9.19. The molecule has 2 aromatic carbocycles. The molecular formula is C22H22BrN3O2S. The molecule has 7 heteroatoms. The van der Waals surface area contributed by atoms with Gasteiger partial charge in [-0.2, -0.15) is 0 Å². The quantitative estimate of drug-likeness (QED) is 0.537. The van der Waals surface area contributed by atoms with E-state index >= 15 is 0 Å². The zero-order chi connectivity index (χ0) is 20.4. The SMILES string of the molecule is Cc1cc(NC(=O)CCC(=O)N2CCC[C@H]2c2nc3ccccc3s2)ccc1Br. The van der Waals surface area contributed by atoms with E-state index in [1.54, 1.807) is 11.3 Å². The first kappa shape index (κ1) is 20.0. The van der Waals surface area contributed by atoms with E-state index in [4.69, 9.17) is 4.98 Å². The Kier molecular flexibility index (Phi) is 5.96. The third-order valence-electron chi connectivity index (χ3n) is 5.18. The maximum absolute atomic E-state index is 12.8. The van der Waals surface area contributed by atoms with Crippen molar-refractivity contribution in [3.8, 4) is 0 Å². The number of fused-ring (bicyclic) bond motifs is 1. The van der Waals surface area contributed by atoms with Crippen molar-refractivity contribution in [3.63, 3.8) is 0 Å². The predicted molar refractivity (Wildman–Crippen MR) is 120 cm³/mol. The van der Waals surface area contributed by atoms with Crippen LogP contribution in [0, 0.1) is 6.92 Å². The van der Waals surface area contributed by atoms with Gasteiger partial charge in [0.1, 0.15) is 5.01 Å². The summed E-state index contributed by atoms with van der Waals surface area (Å²) < 4.78 is 2.14. The second-order valence-electron chi connectivity index (χ2n) is 7.28. The lowest BCUT2D eigenvalue weighted by Gasteiger charge is -2.23. The normalized spacial score (nSPS) is 16.3. The highest BCUT2D eigenvalue weighted by Gasteiger charge is 2.32. The fourth-order valence-corrected chi connectivity index (χ4v) is 5.03. The summed E-state index contributed by atoms with van der Waals surface area (Å²) >= 11 is 5.11. The third kappa shape index (κ3) is 4.51. The number of likely N-dealkylation sites (tertiary alicyclic amines) is 1. The van der Waals surface area contributed by atoms with Crippen molar-refractivity contribution < 1.29 is 9.59 Å². The molecule has 1 atom stereocenters. The molecule has 3 aromatic rings. The number of carbonyl (C=O) groups excluding carboxylic acids is 2. The minimum Gasteiger partial charge on any atom is -0.333 e. The molecule has 29 heavy (non-hydrogen) atoms. The summed E-state index contributed by atoms with van der Waals surface area (Å²) in [6.07, 6.45) is 2.28. The van der Waals surface area contributed by atoms with Crippen LogP contribution in [0.2, 0.25) is 0 Å². The Labute approximate surface area is 182 Å². The van der Waals surface area contributed by atoms with E-state index in [0.717, 1.165) is 50.3 Å². The molecule has 1 fully saturated rings. The second kappa shape index (κ2) is 8.63. The molecule has 2 amide bonds. The maximum Gasteiger partial charge on any atom is 0.224 e. The molecule has 1 saturated heterocycles. The van der Waals surface area contributed by atoms with Crippen molar-refractivity contribution in [1.29, 1.82) is 0 Å². The van der Waals surface area contributed by atoms with Gasteiger partial charge in [0.05, 0.1) is 16.3 Å². The lowest BCUT2D eigenvalue weighted by molar-refractivity contribution is -0.133. The van der Waals surface area contributed by atoms with Crippen LogP contribution in [-0.4, -0.2) is 28.2 Å². The summed E-state index contributed by atoms with van der Waals surface area (Å²) in [6.45, 7) is 2.70. The van der Waals surface area contributed by atoms with Crippen molar-refractivity contribution >= 4 is 55.0 Å². The number of rotatable bonds is 5. The van der Waals surface area contributed by atoms with Crippen LogP contribution in [-0.2, 0) is 9.59 Å². The largest absolute Gasteiger partial charge is 0.333 e. The van der Waals surface area contributed by atoms with E-state index in [0.29, 0.717) is 0 Å². The highest BCUT2D eigenvalue weighted by molar-refractivity contribution is 9.10. The van der Waals surface area contributed by atoms with Crippen LogP contribution in [0.15, 0.2) is 46.9 Å². The van der Waals surface area contributed by atoms with Crippen molar-refractivity contribution in [1.82, 2.24) is 9.88 Å². The predicted octanol–water partition coefficient (Wildman–Crippen LogP) is 5.45. The van der Waals surface area contributed by atoms with Crippen LogP contribution < -0.4 is 5.32 Å². The van der Waals surface area contributed by atoms with Crippen LogP contribution in [0.25, 0.3) is 10.2 Å². The highest BCUT2D eigenvalue weighted by Crippen LogP contribution is 2.36. The van der Waals surface area contributed by atoms with E-state index in [2.05, 4.69) is 27.3 Å². The number of anilines is 1. The van der Waals surface area contributed by atoms with Gasteiger partial charge in [0.2, 0.25) is 11.8 Å². The van der Waals surface area contributed by atoms with Gasteiger partial charge in [0, 0.05) is 29.5 Å². The summed E-state index contributed by atoms with van der Waals surface area (Å²) in [5.41, 5.74) is 2.78. The number of hydrogen-bond acceptors (Lipinski definition) is 4. The minimum absolute atomic E-state index is 0.0221. The number of hydrogen-bond donors (Lipinski definition) is 1. The van der Waals surface area contributed by atoms with Crippen LogP contribution >= 0.6 is 27.3 Å². The summed E-state index contributed by atoms with van der Waals surface area (Å²) in [4.78, 5) is 31.7. The molecule has 5 nitrogen and oxygen atoms in total. The smallest absolute Gasteiger partial charge is 0.224 e. The number of halogens is 1. The first-order valence-corrected chi connectivity index (χ1v) is 11.3. The van der Waals surface area contributed by atoms with Gasteiger partial charge >= 0.3 is 0 Å². The monoisotopic (exact) mass is 471 g/mol. The average molecular weight is 472 g/mol. The van der Waals surface area contributed by atoms with Crippen LogP contribution in [0.1, 0.15) is 42.3 Å². The van der Waals surface area contributed by atoms with Crippen molar-refractivity contribution in [2.45, 2.75) is 38.6 Å². The Morgan fingerprint density at radius 1 is 1.24 bits per heavy atom. The molecular weight excluding hydrogens is 450 g/mol. The lowest BCUT2D eigenvalue weighted by atomic mass is 10.2. The number of carbonyl (C=O) groups is 2. The van der Waals surface area contributed by atoms with Gasteiger partial charge in [0.25, 0.3) is 0 Å². The summed E-state index contributed by atoms with van der Waals surface area (Å²) in [5, 5.41) is 3.87. The molecule has 150 valence electrons. The molecule has 1 N–H and O–H groups in total. The average Bonchev–Trinajstić information content (AvgIpc) is 3.35. The highest BCUT2D eigenvalue weighted by atomic mass is 79.9. The first-order chi connectivity index (χ1) is 14.0. The van der Waals surface area contributed by atoms with Gasteiger partial charge in [-0.05, 0) is 55.7 Å². The molecule has 0 bridgehead atoms. The summed E-state index contributed by atoms with van der Waals surface area (Å²) in [5.74, 6) is -0.121. The van der Waals surface area contributed by atoms with Gasteiger partial charge in [-0.1, -0.05) is 28.1 Å². The Bertz CT molecular complexity index is 1030. The molecule has 4 rings (SSSR count). The Morgan fingerprint density at radius 2 is 2.07 bits per heavy atom. The molecule has 1 aliphatic rings. The number of aromatic nitrogens is 1. The number of aryl methyl sites for hydroxylation is 1. The Morgan fingerprint density at radius 3 is 2.86 bits per heavy atom. The molecule has 1 aromatic heterocycles. The summed E-state index contributed by atoms with van der Waals surface area (Å²) in [7, 11) is 0. The molecule has 1 aliphatic heterocycles. The van der Waals surface area contributed by atoms with E-state index in [-0.39, 0.29) is 30.7 Å². The zero-order valence-corrected chi connectivity index (χ0v) is 18.6. The van der Waals surface area contributed by atoms with Crippen LogP contribution in [0.5, 0.6) is 0 Å². The molecule has 0 unspecified atom stereocenters. The van der Waals surface area contributed by atoms with E-state index in [1.165, 1.54) is 0 Å². The minimum atomic E-state index is -0.143. The molecule has 2 heterocycles. The van der Waals surface area contributed by atoms with Gasteiger partial charge in [-0.25, -0.2) is 4.98 Å². The number of nitrogens with one attached hydrogen (secondary N) is 1.